The van der Waals surface area contributed by atoms with Crippen LogP contribution in [0.15, 0.2) is 30.3 Å². The van der Waals surface area contributed by atoms with Crippen LogP contribution in [-0.4, -0.2) is 0 Å². The van der Waals surface area contributed by atoms with E-state index in [2.05, 4.69) is 0 Å². The molecule has 1 aromatic rings. The molecule has 11 heavy (non-hydrogen) atoms. The predicted octanol–water partition coefficient (Wildman–Crippen LogP) is 2.25. The van der Waals surface area contributed by atoms with Gasteiger partial charge in [0, 0.05) is 0 Å². The maximum absolute atomic E-state index is 8.23. The van der Waals surface area contributed by atoms with Crippen LogP contribution in [0.4, 0.5) is 0 Å². The minimum absolute atomic E-state index is 0.138. The van der Waals surface area contributed by atoms with Crippen molar-refractivity contribution in [2.24, 2.45) is 0 Å². The lowest BCUT2D eigenvalue weighted by molar-refractivity contribution is 0.182. The van der Waals surface area contributed by atoms with Crippen LogP contribution in [0.5, 0.6) is 0 Å². The van der Waals surface area contributed by atoms with Crippen molar-refractivity contribution < 1.29 is 4.74 Å². The third-order valence-corrected chi connectivity index (χ3v) is 1.50. The van der Waals surface area contributed by atoms with E-state index in [1.54, 1.807) is 6.26 Å². The van der Waals surface area contributed by atoms with Gasteiger partial charge in [-0.2, -0.15) is 5.26 Å². The smallest absolute Gasteiger partial charge is 0.286 e. The molecule has 56 valence electrons. The van der Waals surface area contributed by atoms with E-state index in [0.29, 0.717) is 0 Å². The van der Waals surface area contributed by atoms with E-state index in [0.717, 1.165) is 5.56 Å². The minimum atomic E-state index is -0.138. The van der Waals surface area contributed by atoms with Gasteiger partial charge in [-0.25, -0.2) is 0 Å². The van der Waals surface area contributed by atoms with Crippen molar-refractivity contribution >= 4 is 0 Å². The average Bonchev–Trinajstić information content (AvgIpc) is 2.07. The quantitative estimate of drug-likeness (QED) is 0.601. The topological polar surface area (TPSA) is 33.0 Å². The monoisotopic (exact) mass is 147 g/mol. The van der Waals surface area contributed by atoms with Gasteiger partial charge in [0.05, 0.1) is 0 Å². The molecule has 0 saturated heterocycles. The molecule has 1 rings (SSSR count). The molecular weight excluding hydrogens is 138 g/mol. The number of ether oxygens (including phenoxy) is 1. The van der Waals surface area contributed by atoms with Crippen LogP contribution in [0.2, 0.25) is 0 Å². The Balaban J connectivity index is 2.70. The van der Waals surface area contributed by atoms with Crippen LogP contribution in [-0.2, 0) is 4.74 Å². The molecule has 0 aliphatic rings. The highest BCUT2D eigenvalue weighted by molar-refractivity contribution is 5.16. The molecular formula is C9H9NO. The second kappa shape index (κ2) is 3.62. The summed E-state index contributed by atoms with van der Waals surface area (Å²) in [5.74, 6) is 0. The van der Waals surface area contributed by atoms with Gasteiger partial charge in [-0.3, -0.25) is 0 Å². The van der Waals surface area contributed by atoms with Gasteiger partial charge in [0.2, 0.25) is 0 Å². The number of nitriles is 1. The number of hydrogen-bond acceptors (Lipinski definition) is 2. The molecule has 1 aromatic carbocycles. The third-order valence-electron chi connectivity index (χ3n) is 1.50. The van der Waals surface area contributed by atoms with E-state index in [1.165, 1.54) is 0 Å². The average molecular weight is 147 g/mol. The van der Waals surface area contributed by atoms with E-state index in [4.69, 9.17) is 10.00 Å². The molecule has 2 heteroatoms. The van der Waals surface area contributed by atoms with E-state index in [1.807, 2.05) is 37.3 Å². The van der Waals surface area contributed by atoms with Crippen molar-refractivity contribution in [2.75, 3.05) is 0 Å². The minimum Gasteiger partial charge on any atom is -0.420 e. The van der Waals surface area contributed by atoms with E-state index < -0.39 is 0 Å². The summed E-state index contributed by atoms with van der Waals surface area (Å²) in [6.45, 7) is 1.85. The summed E-state index contributed by atoms with van der Waals surface area (Å²) in [5, 5.41) is 8.23. The lowest BCUT2D eigenvalue weighted by Gasteiger charge is -2.06. The van der Waals surface area contributed by atoms with Gasteiger partial charge >= 0.3 is 0 Å². The standard InChI is InChI=1S/C9H9NO/c1-8(11-7-10)9-5-3-2-4-6-9/h2-6,8H,1H3. The normalized spacial score (nSPS) is 11.6. The van der Waals surface area contributed by atoms with Crippen molar-refractivity contribution in [3.05, 3.63) is 35.9 Å². The Kier molecular flexibility index (Phi) is 2.51. The zero-order valence-corrected chi connectivity index (χ0v) is 6.32. The van der Waals surface area contributed by atoms with Crippen molar-refractivity contribution in [2.45, 2.75) is 13.0 Å². The number of benzene rings is 1. The Morgan fingerprint density at radius 3 is 2.55 bits per heavy atom. The largest absolute Gasteiger partial charge is 0.420 e. The lowest BCUT2D eigenvalue weighted by Crippen LogP contribution is -1.93. The first-order valence-electron chi connectivity index (χ1n) is 3.44. The second-order valence-electron chi connectivity index (χ2n) is 2.26. The Bertz CT molecular complexity index is 250. The van der Waals surface area contributed by atoms with Gasteiger partial charge in [0.25, 0.3) is 6.26 Å². The molecule has 0 fully saturated rings. The predicted molar refractivity (Wildman–Crippen MR) is 41.6 cm³/mol. The fourth-order valence-corrected chi connectivity index (χ4v) is 0.871. The van der Waals surface area contributed by atoms with Crippen LogP contribution >= 0.6 is 0 Å². The molecule has 0 N–H and O–H groups in total. The zero-order chi connectivity index (χ0) is 8.10. The van der Waals surface area contributed by atoms with Crippen LogP contribution in [0, 0.1) is 11.5 Å². The fourth-order valence-electron chi connectivity index (χ4n) is 0.871. The Hall–Kier alpha value is -1.49. The molecule has 0 spiro atoms. The van der Waals surface area contributed by atoms with Gasteiger partial charge in [-0.15, -0.1) is 0 Å². The first-order chi connectivity index (χ1) is 5.34. The van der Waals surface area contributed by atoms with Crippen LogP contribution < -0.4 is 0 Å². The second-order valence-corrected chi connectivity index (χ2v) is 2.26. The molecule has 0 aromatic heterocycles. The van der Waals surface area contributed by atoms with E-state index in [9.17, 15) is 0 Å². The first-order valence-corrected chi connectivity index (χ1v) is 3.44. The van der Waals surface area contributed by atoms with Crippen molar-refractivity contribution in [3.63, 3.8) is 0 Å². The zero-order valence-electron chi connectivity index (χ0n) is 6.32. The first kappa shape index (κ1) is 7.62. The summed E-state index contributed by atoms with van der Waals surface area (Å²) < 4.78 is 4.73. The molecule has 0 saturated carbocycles. The summed E-state index contributed by atoms with van der Waals surface area (Å²) in [5.41, 5.74) is 1.02. The number of hydrogen-bond donors (Lipinski definition) is 0. The summed E-state index contributed by atoms with van der Waals surface area (Å²) >= 11 is 0. The van der Waals surface area contributed by atoms with Crippen molar-refractivity contribution in [1.29, 1.82) is 5.26 Å². The van der Waals surface area contributed by atoms with Gasteiger partial charge < -0.3 is 4.74 Å². The van der Waals surface area contributed by atoms with E-state index >= 15 is 0 Å². The fraction of sp³-hybridized carbons (Fsp3) is 0.222. The van der Waals surface area contributed by atoms with Crippen LogP contribution in [0.25, 0.3) is 0 Å². The molecule has 1 atom stereocenters. The Morgan fingerprint density at radius 1 is 1.36 bits per heavy atom. The molecule has 0 heterocycles. The van der Waals surface area contributed by atoms with Gasteiger partial charge in [0.15, 0.2) is 0 Å². The van der Waals surface area contributed by atoms with Gasteiger partial charge in [-0.05, 0) is 12.5 Å². The van der Waals surface area contributed by atoms with Crippen molar-refractivity contribution in [3.8, 4) is 6.26 Å². The third kappa shape index (κ3) is 1.98. The molecule has 1 unspecified atom stereocenters. The molecule has 2 nitrogen and oxygen atoms in total. The summed E-state index contributed by atoms with van der Waals surface area (Å²) in [7, 11) is 0. The van der Waals surface area contributed by atoms with Crippen LogP contribution in [0.3, 0.4) is 0 Å². The lowest BCUT2D eigenvalue weighted by atomic mass is 10.1. The van der Waals surface area contributed by atoms with Crippen molar-refractivity contribution in [1.82, 2.24) is 0 Å². The van der Waals surface area contributed by atoms with E-state index in [-0.39, 0.29) is 6.10 Å². The molecule has 0 aliphatic carbocycles. The SMILES string of the molecule is CC(OC#N)c1ccccc1. The summed E-state index contributed by atoms with van der Waals surface area (Å²) in [6.07, 6.45) is 1.53. The molecule has 0 radical (unpaired) electrons. The highest BCUT2D eigenvalue weighted by Gasteiger charge is 2.02. The summed E-state index contributed by atoms with van der Waals surface area (Å²) in [4.78, 5) is 0. The molecule has 0 amide bonds. The number of nitrogens with zero attached hydrogens (tertiary/aromatic N) is 1. The highest BCUT2D eigenvalue weighted by Crippen LogP contribution is 2.14. The maximum atomic E-state index is 8.23. The van der Waals surface area contributed by atoms with Gasteiger partial charge in [-0.1, -0.05) is 30.3 Å². The maximum Gasteiger partial charge on any atom is 0.286 e. The van der Waals surface area contributed by atoms with Crippen LogP contribution in [0.1, 0.15) is 18.6 Å². The Labute approximate surface area is 66.0 Å². The highest BCUT2D eigenvalue weighted by atomic mass is 16.5. The Morgan fingerprint density at radius 2 is 2.00 bits per heavy atom. The number of rotatable bonds is 2. The summed E-state index contributed by atoms with van der Waals surface area (Å²) in [6, 6.07) is 9.64. The molecule has 0 aliphatic heterocycles. The van der Waals surface area contributed by atoms with Gasteiger partial charge in [0.1, 0.15) is 6.10 Å². The molecule has 0 bridgehead atoms.